The standard InChI is InChI=1S/C16H12F2N2O2S/c1-8-15(21)20-13-6-9(2-5-14(13)23-8)16(22)19-10-3-4-11(17)12(18)7-10/h2-8H,1H3,(H,19,22)(H,20,21)/t8-/m0/s1. The fourth-order valence-corrected chi connectivity index (χ4v) is 3.06. The smallest absolute Gasteiger partial charge is 0.255 e. The van der Waals surface area contributed by atoms with Crippen LogP contribution in [-0.4, -0.2) is 17.1 Å². The number of benzene rings is 2. The van der Waals surface area contributed by atoms with Crippen LogP contribution in [0.2, 0.25) is 0 Å². The summed E-state index contributed by atoms with van der Waals surface area (Å²) in [4.78, 5) is 24.8. The molecular formula is C16H12F2N2O2S. The minimum absolute atomic E-state index is 0.124. The maximum Gasteiger partial charge on any atom is 0.255 e. The molecule has 0 unspecified atom stereocenters. The van der Waals surface area contributed by atoms with Crippen molar-refractivity contribution in [1.82, 2.24) is 0 Å². The maximum atomic E-state index is 13.2. The van der Waals surface area contributed by atoms with Crippen LogP contribution < -0.4 is 10.6 Å². The first kappa shape index (κ1) is 15.5. The van der Waals surface area contributed by atoms with Crippen molar-refractivity contribution in [3.8, 4) is 0 Å². The second kappa shape index (κ2) is 6.00. The molecule has 0 saturated heterocycles. The Morgan fingerprint density at radius 1 is 1.17 bits per heavy atom. The molecule has 2 amide bonds. The van der Waals surface area contributed by atoms with Crippen LogP contribution in [0.3, 0.4) is 0 Å². The molecule has 0 radical (unpaired) electrons. The number of hydrogen-bond donors (Lipinski definition) is 2. The Morgan fingerprint density at radius 2 is 1.96 bits per heavy atom. The molecule has 2 aromatic rings. The topological polar surface area (TPSA) is 58.2 Å². The summed E-state index contributed by atoms with van der Waals surface area (Å²) >= 11 is 1.41. The Morgan fingerprint density at radius 3 is 2.70 bits per heavy atom. The minimum atomic E-state index is -1.04. The maximum absolute atomic E-state index is 13.2. The average Bonchev–Trinajstić information content (AvgIpc) is 2.51. The van der Waals surface area contributed by atoms with Crippen LogP contribution >= 0.6 is 11.8 Å². The average molecular weight is 334 g/mol. The Labute approximate surface area is 135 Å². The van der Waals surface area contributed by atoms with Gasteiger partial charge in [-0.1, -0.05) is 0 Å². The second-order valence-electron chi connectivity index (χ2n) is 5.04. The monoisotopic (exact) mass is 334 g/mol. The van der Waals surface area contributed by atoms with E-state index in [2.05, 4.69) is 10.6 Å². The lowest BCUT2D eigenvalue weighted by Gasteiger charge is -2.21. The molecule has 0 spiro atoms. The van der Waals surface area contributed by atoms with Crippen molar-refractivity contribution in [3.05, 3.63) is 53.6 Å². The third-order valence-electron chi connectivity index (χ3n) is 3.35. The molecular weight excluding hydrogens is 322 g/mol. The van der Waals surface area contributed by atoms with Gasteiger partial charge in [0, 0.05) is 22.2 Å². The number of amides is 2. The summed E-state index contributed by atoms with van der Waals surface area (Å²) in [5, 5.41) is 5.03. The third-order valence-corrected chi connectivity index (χ3v) is 4.53. The van der Waals surface area contributed by atoms with Gasteiger partial charge < -0.3 is 10.6 Å². The zero-order valence-electron chi connectivity index (χ0n) is 12.0. The molecule has 0 aliphatic carbocycles. The van der Waals surface area contributed by atoms with Gasteiger partial charge in [0.15, 0.2) is 11.6 Å². The molecule has 0 bridgehead atoms. The Bertz CT molecular complexity index is 811. The van der Waals surface area contributed by atoms with E-state index in [-0.39, 0.29) is 16.8 Å². The molecule has 23 heavy (non-hydrogen) atoms. The van der Waals surface area contributed by atoms with Crippen molar-refractivity contribution in [2.24, 2.45) is 0 Å². The zero-order valence-corrected chi connectivity index (χ0v) is 12.8. The number of hydrogen-bond acceptors (Lipinski definition) is 3. The van der Waals surface area contributed by atoms with E-state index in [0.29, 0.717) is 11.3 Å². The highest BCUT2D eigenvalue weighted by molar-refractivity contribution is 8.00. The highest BCUT2D eigenvalue weighted by atomic mass is 32.2. The predicted octanol–water partition coefficient (Wildman–Crippen LogP) is 3.65. The highest BCUT2D eigenvalue weighted by Crippen LogP contribution is 2.36. The molecule has 0 aromatic heterocycles. The first-order valence-electron chi connectivity index (χ1n) is 6.82. The van der Waals surface area contributed by atoms with Gasteiger partial charge in [0.2, 0.25) is 5.91 Å². The lowest BCUT2D eigenvalue weighted by molar-refractivity contribution is -0.115. The number of nitrogens with one attached hydrogen (secondary N) is 2. The first-order valence-corrected chi connectivity index (χ1v) is 7.70. The summed E-state index contributed by atoms with van der Waals surface area (Å²) in [5.74, 6) is -2.62. The summed E-state index contributed by atoms with van der Waals surface area (Å²) in [5.41, 5.74) is 1.03. The Kier molecular flexibility index (Phi) is 4.04. The van der Waals surface area contributed by atoms with Crippen molar-refractivity contribution in [2.75, 3.05) is 10.6 Å². The minimum Gasteiger partial charge on any atom is -0.324 e. The summed E-state index contributed by atoms with van der Waals surface area (Å²) < 4.78 is 26.0. The normalized spacial score (nSPS) is 16.5. The summed E-state index contributed by atoms with van der Waals surface area (Å²) in [7, 11) is 0. The van der Waals surface area contributed by atoms with Gasteiger partial charge >= 0.3 is 0 Å². The van der Waals surface area contributed by atoms with Crippen LogP contribution in [0.15, 0.2) is 41.3 Å². The van der Waals surface area contributed by atoms with E-state index in [0.717, 1.165) is 17.0 Å². The van der Waals surface area contributed by atoms with E-state index in [1.807, 2.05) is 0 Å². The van der Waals surface area contributed by atoms with Crippen molar-refractivity contribution < 1.29 is 18.4 Å². The van der Waals surface area contributed by atoms with Gasteiger partial charge in [-0.2, -0.15) is 0 Å². The van der Waals surface area contributed by atoms with Crippen LogP contribution in [0.4, 0.5) is 20.2 Å². The summed E-state index contributed by atoms with van der Waals surface area (Å²) in [6.45, 7) is 1.80. The van der Waals surface area contributed by atoms with Gasteiger partial charge in [0.1, 0.15) is 0 Å². The van der Waals surface area contributed by atoms with Gasteiger partial charge in [-0.3, -0.25) is 9.59 Å². The van der Waals surface area contributed by atoms with Gasteiger partial charge in [0.25, 0.3) is 5.91 Å². The number of halogens is 2. The fourth-order valence-electron chi connectivity index (χ4n) is 2.13. The van der Waals surface area contributed by atoms with E-state index in [9.17, 15) is 18.4 Å². The molecule has 4 nitrogen and oxygen atoms in total. The van der Waals surface area contributed by atoms with E-state index in [1.165, 1.54) is 17.8 Å². The van der Waals surface area contributed by atoms with Gasteiger partial charge in [0.05, 0.1) is 10.9 Å². The second-order valence-corrected chi connectivity index (χ2v) is 6.43. The van der Waals surface area contributed by atoms with E-state index in [4.69, 9.17) is 0 Å². The molecule has 3 rings (SSSR count). The van der Waals surface area contributed by atoms with Gasteiger partial charge in [-0.05, 0) is 37.3 Å². The number of thioether (sulfide) groups is 1. The molecule has 1 atom stereocenters. The predicted molar refractivity (Wildman–Crippen MR) is 84.7 cm³/mol. The lowest BCUT2D eigenvalue weighted by Crippen LogP contribution is -2.26. The molecule has 1 aliphatic rings. The number of fused-ring (bicyclic) bond motifs is 1. The molecule has 0 fully saturated rings. The fraction of sp³-hybridized carbons (Fsp3) is 0.125. The van der Waals surface area contributed by atoms with Gasteiger partial charge in [-0.25, -0.2) is 8.78 Å². The van der Waals surface area contributed by atoms with Gasteiger partial charge in [-0.15, -0.1) is 11.8 Å². The quantitative estimate of drug-likeness (QED) is 0.881. The number of carbonyl (C=O) groups is 2. The van der Waals surface area contributed by atoms with E-state index in [1.54, 1.807) is 25.1 Å². The number of rotatable bonds is 2. The first-order chi connectivity index (χ1) is 10.9. The SMILES string of the molecule is C[C@@H]1Sc2ccc(C(=O)Nc3ccc(F)c(F)c3)cc2NC1=O. The van der Waals surface area contributed by atoms with Crippen LogP contribution in [0.1, 0.15) is 17.3 Å². The van der Waals surface area contributed by atoms with E-state index >= 15 is 0 Å². The van der Waals surface area contributed by atoms with Crippen molar-refractivity contribution >= 4 is 35.0 Å². The van der Waals surface area contributed by atoms with Crippen molar-refractivity contribution in [2.45, 2.75) is 17.1 Å². The third kappa shape index (κ3) is 3.19. The Hall–Kier alpha value is -2.41. The molecule has 1 aliphatic heterocycles. The molecule has 2 N–H and O–H groups in total. The molecule has 1 heterocycles. The van der Waals surface area contributed by atoms with Crippen molar-refractivity contribution in [1.29, 1.82) is 0 Å². The molecule has 0 saturated carbocycles. The molecule has 2 aromatic carbocycles. The lowest BCUT2D eigenvalue weighted by atomic mass is 10.1. The van der Waals surface area contributed by atoms with E-state index < -0.39 is 17.5 Å². The zero-order chi connectivity index (χ0) is 16.6. The van der Waals surface area contributed by atoms with Crippen LogP contribution in [0.25, 0.3) is 0 Å². The van der Waals surface area contributed by atoms with Crippen LogP contribution in [0.5, 0.6) is 0 Å². The largest absolute Gasteiger partial charge is 0.324 e. The summed E-state index contributed by atoms with van der Waals surface area (Å²) in [6, 6.07) is 8.04. The number of anilines is 2. The molecule has 118 valence electrons. The highest BCUT2D eigenvalue weighted by Gasteiger charge is 2.23. The van der Waals surface area contributed by atoms with Crippen LogP contribution in [0, 0.1) is 11.6 Å². The summed E-state index contributed by atoms with van der Waals surface area (Å²) in [6.07, 6.45) is 0. The molecule has 7 heteroatoms. The van der Waals surface area contributed by atoms with Crippen molar-refractivity contribution in [3.63, 3.8) is 0 Å². The number of carbonyl (C=O) groups excluding carboxylic acids is 2. The van der Waals surface area contributed by atoms with Crippen LogP contribution in [-0.2, 0) is 4.79 Å². The Balaban J connectivity index is 1.81.